The molecule has 0 amide bonds. The first-order valence-corrected chi connectivity index (χ1v) is 18.5. The van der Waals surface area contributed by atoms with Crippen molar-refractivity contribution >= 4 is 17.9 Å². The van der Waals surface area contributed by atoms with E-state index >= 15 is 0 Å². The standard InChI is InChI=1S/C37H56N4O13/c1-4-24-25(12-11-22-17-41(14-16-43)18-26(33(47)48)29(22)40-37(38)39-13-8-15-42)27(34(49)52-23-9-6-5-7-10-23)20-50-35(24)54-36-32(51-21(2)3)31(46)30(45)28(19-44)53-36/h4,11-12,18,20-21,23-25,28,30-32,35-36,42-46H,1,5-10,13-17,19H2,2-3H3,(H,47,48)(H3,38,39,40)/p+1/b12-11+/t24-,25+,28-,30-,31+,32-,35+,36+/m1/s1. The molecule has 17 nitrogen and oxygen atoms in total. The van der Waals surface area contributed by atoms with Crippen molar-refractivity contribution in [3.8, 4) is 0 Å². The summed E-state index contributed by atoms with van der Waals surface area (Å²) >= 11 is 0. The summed E-state index contributed by atoms with van der Waals surface area (Å²) in [5, 5.41) is 63.4. The summed E-state index contributed by atoms with van der Waals surface area (Å²) in [7, 11) is 0. The number of carbonyl (C=O) groups excluding carboxylic acids is 1. The normalized spacial score (nSPS) is 31.2. The molecule has 2 fully saturated rings. The van der Waals surface area contributed by atoms with Gasteiger partial charge in [0.1, 0.15) is 55.4 Å². The fraction of sp³-hybridized carbons (Fsp3) is 0.649. The molecule has 0 radical (unpaired) electrons. The van der Waals surface area contributed by atoms with Gasteiger partial charge in [-0.3, -0.25) is 4.99 Å². The van der Waals surface area contributed by atoms with E-state index in [4.69, 9.17) is 34.5 Å². The second-order valence-corrected chi connectivity index (χ2v) is 14.0. The van der Waals surface area contributed by atoms with Crippen molar-refractivity contribution in [3.05, 3.63) is 59.7 Å². The number of ether oxygens (including phenoxy) is 5. The lowest BCUT2D eigenvalue weighted by molar-refractivity contribution is -0.843. The van der Waals surface area contributed by atoms with Crippen LogP contribution in [-0.2, 0) is 33.3 Å². The Morgan fingerprint density at radius 2 is 1.87 bits per heavy atom. The third kappa shape index (κ3) is 11.2. The Labute approximate surface area is 315 Å². The van der Waals surface area contributed by atoms with Crippen LogP contribution in [-0.4, -0.2) is 137 Å². The predicted molar refractivity (Wildman–Crippen MR) is 193 cm³/mol. The summed E-state index contributed by atoms with van der Waals surface area (Å²) in [5.41, 5.74) is 6.78. The van der Waals surface area contributed by atoms with Crippen molar-refractivity contribution in [2.45, 2.75) is 102 Å². The van der Waals surface area contributed by atoms with Gasteiger partial charge < -0.3 is 70.3 Å². The third-order valence-corrected chi connectivity index (χ3v) is 9.65. The van der Waals surface area contributed by atoms with Gasteiger partial charge in [0, 0.05) is 24.6 Å². The number of nitrogens with zero attached hydrogens (tertiary/aromatic N) is 1. The van der Waals surface area contributed by atoms with E-state index in [0.29, 0.717) is 16.9 Å². The molecule has 1 saturated carbocycles. The van der Waals surface area contributed by atoms with E-state index in [-0.39, 0.29) is 61.8 Å². The summed E-state index contributed by atoms with van der Waals surface area (Å²) in [6.45, 7) is 7.17. The topological polar surface area (TPSA) is 257 Å². The first-order valence-electron chi connectivity index (χ1n) is 18.5. The molecule has 1 saturated heterocycles. The van der Waals surface area contributed by atoms with Crippen molar-refractivity contribution in [1.29, 1.82) is 0 Å². The van der Waals surface area contributed by atoms with Gasteiger partial charge in [0.25, 0.3) is 0 Å². The zero-order valence-electron chi connectivity index (χ0n) is 30.9. The second kappa shape index (κ2) is 20.9. The Kier molecular flexibility index (Phi) is 16.7. The molecule has 4 rings (SSSR count). The average molecular weight is 766 g/mol. The number of aliphatic imine (C=N–C) groups is 1. The minimum atomic E-state index is -1.48. The summed E-state index contributed by atoms with van der Waals surface area (Å²) < 4.78 is 30.0. The highest BCUT2D eigenvalue weighted by Gasteiger charge is 2.49. The van der Waals surface area contributed by atoms with E-state index in [1.807, 2.05) is 0 Å². The molecule has 0 aromatic rings. The Bertz CT molecular complexity index is 1440. The smallest absolute Gasteiger partial charge is 0.343 e. The van der Waals surface area contributed by atoms with Gasteiger partial charge in [0.15, 0.2) is 12.2 Å². The number of hydrogen-bond donors (Lipinski definition) is 9. The van der Waals surface area contributed by atoms with Crippen LogP contribution in [0.2, 0.25) is 0 Å². The molecule has 302 valence electrons. The third-order valence-electron chi connectivity index (χ3n) is 9.65. The number of carboxylic acids is 1. The van der Waals surface area contributed by atoms with Crippen LogP contribution in [0.4, 0.5) is 0 Å². The van der Waals surface area contributed by atoms with Crippen LogP contribution in [0, 0.1) is 11.8 Å². The largest absolute Gasteiger partial charge is 0.477 e. The molecule has 1 aliphatic carbocycles. The highest BCUT2D eigenvalue weighted by Crippen LogP contribution is 2.38. The number of aliphatic hydroxyl groups is 5. The zero-order chi connectivity index (χ0) is 39.4. The fourth-order valence-electron chi connectivity index (χ4n) is 6.90. The van der Waals surface area contributed by atoms with Gasteiger partial charge in [-0.2, -0.15) is 0 Å². The molecule has 0 aromatic carbocycles. The van der Waals surface area contributed by atoms with Crippen molar-refractivity contribution in [1.82, 2.24) is 5.32 Å². The molecule has 10 N–H and O–H groups in total. The molecular weight excluding hydrogens is 708 g/mol. The molecule has 54 heavy (non-hydrogen) atoms. The molecule has 0 aromatic heterocycles. The van der Waals surface area contributed by atoms with Gasteiger partial charge in [-0.05, 0) is 46.0 Å². The first-order chi connectivity index (χ1) is 25.9. The van der Waals surface area contributed by atoms with E-state index in [0.717, 1.165) is 32.1 Å². The predicted octanol–water partition coefficient (Wildman–Crippen LogP) is -1.27. The van der Waals surface area contributed by atoms with Gasteiger partial charge in [-0.15, -0.1) is 6.58 Å². The van der Waals surface area contributed by atoms with E-state index in [1.165, 1.54) is 18.5 Å². The van der Waals surface area contributed by atoms with Crippen molar-refractivity contribution < 1.29 is 68.8 Å². The molecule has 1 unspecified atom stereocenters. The van der Waals surface area contributed by atoms with Gasteiger partial charge >= 0.3 is 11.9 Å². The number of esters is 1. The van der Waals surface area contributed by atoms with Crippen molar-refractivity contribution in [2.24, 2.45) is 22.6 Å². The number of hydrogen-bond acceptors (Lipinski definition) is 13. The summed E-state index contributed by atoms with van der Waals surface area (Å²) in [5.74, 6) is -3.55. The van der Waals surface area contributed by atoms with Crippen LogP contribution >= 0.6 is 0 Å². The van der Waals surface area contributed by atoms with E-state index in [1.54, 1.807) is 26.0 Å². The van der Waals surface area contributed by atoms with Crippen LogP contribution in [0.5, 0.6) is 0 Å². The van der Waals surface area contributed by atoms with E-state index < -0.39 is 73.5 Å². The van der Waals surface area contributed by atoms with Crippen LogP contribution in [0.15, 0.2) is 64.7 Å². The number of carboxylic acid groups (broad SMARTS) is 1. The molecule has 17 heteroatoms. The van der Waals surface area contributed by atoms with Gasteiger partial charge in [0.2, 0.25) is 6.29 Å². The number of aliphatic carboxylic acids is 1. The lowest BCUT2D eigenvalue weighted by Gasteiger charge is -2.44. The first kappa shape index (κ1) is 43.1. The number of nitrogens with one attached hydrogen (secondary N) is 2. The maximum absolute atomic E-state index is 13.8. The van der Waals surface area contributed by atoms with Gasteiger partial charge in [0.05, 0.1) is 42.8 Å². The van der Waals surface area contributed by atoms with E-state index in [2.05, 4.69) is 16.9 Å². The number of aliphatic hydroxyl groups excluding tert-OH is 5. The summed E-state index contributed by atoms with van der Waals surface area (Å²) in [4.78, 5) is 31.2. The molecule has 3 heterocycles. The van der Waals surface area contributed by atoms with Crippen molar-refractivity contribution in [3.63, 3.8) is 0 Å². The Morgan fingerprint density at radius 1 is 1.13 bits per heavy atom. The Balaban J connectivity index is 1.75. The highest BCUT2D eigenvalue weighted by atomic mass is 16.8. The molecule has 9 atom stereocenters. The van der Waals surface area contributed by atoms with Crippen LogP contribution in [0.1, 0.15) is 52.4 Å². The average Bonchev–Trinajstić information content (AvgIpc) is 3.14. The molecular formula is C37H57N4O13+. The number of carbonyl (C=O) groups is 2. The lowest BCUT2D eigenvalue weighted by Crippen LogP contribution is -3.09. The van der Waals surface area contributed by atoms with Gasteiger partial charge in [-0.1, -0.05) is 24.6 Å². The summed E-state index contributed by atoms with van der Waals surface area (Å²) in [6.07, 6.45) is 3.80. The van der Waals surface area contributed by atoms with Gasteiger partial charge in [-0.25, -0.2) is 9.59 Å². The molecule has 0 bridgehead atoms. The molecule has 0 spiro atoms. The monoisotopic (exact) mass is 765 g/mol. The van der Waals surface area contributed by atoms with Crippen LogP contribution in [0.3, 0.4) is 0 Å². The Hall–Kier alpha value is -3.65. The molecule has 4 aliphatic rings. The lowest BCUT2D eigenvalue weighted by atomic mass is 9.83. The van der Waals surface area contributed by atoms with E-state index in [9.17, 15) is 35.1 Å². The maximum Gasteiger partial charge on any atom is 0.343 e. The minimum Gasteiger partial charge on any atom is -0.477 e. The fourth-order valence-corrected chi connectivity index (χ4v) is 6.90. The minimum absolute atomic E-state index is 0.0682. The van der Waals surface area contributed by atoms with Crippen LogP contribution < -0.4 is 16.0 Å². The number of rotatable bonds is 17. The number of guanidine groups is 1. The van der Waals surface area contributed by atoms with Crippen molar-refractivity contribution in [2.75, 3.05) is 39.5 Å². The number of quaternary nitrogens is 1. The Morgan fingerprint density at radius 3 is 2.50 bits per heavy atom. The zero-order valence-corrected chi connectivity index (χ0v) is 30.9. The molecule has 3 aliphatic heterocycles. The number of nitrogens with two attached hydrogens (primary N) is 1. The SMILES string of the molecule is C=C[C@H]1[C@H](O[C@@H]2O[C@H](CO)[C@@H](O)[C@H](O)[C@H]2OC(C)C)OC=C(C(=O)OC2CCCCC2)[C@H]1/C=C/C1=C(NC(N)=NCCCO)C(C(=O)O)=C[NH+](CCO)C1. The maximum atomic E-state index is 13.8. The quantitative estimate of drug-likeness (QED) is 0.0275. The number of allylic oxidation sites excluding steroid dienone is 1. The second-order valence-electron chi connectivity index (χ2n) is 14.0. The summed E-state index contributed by atoms with van der Waals surface area (Å²) in [6, 6.07) is 0. The highest BCUT2D eigenvalue weighted by molar-refractivity contribution is 5.94. The van der Waals surface area contributed by atoms with Crippen LogP contribution in [0.25, 0.3) is 0 Å².